The monoisotopic (exact) mass is 330 g/mol. The number of carbonyl (C=O) groups excluding carboxylic acids is 1. The second-order valence-electron chi connectivity index (χ2n) is 7.80. The molecule has 0 spiro atoms. The first-order valence-electron chi connectivity index (χ1n) is 8.48. The lowest BCUT2D eigenvalue weighted by atomic mass is 9.49. The van der Waals surface area contributed by atoms with Crippen molar-refractivity contribution in [1.29, 1.82) is 0 Å². The highest BCUT2D eigenvalue weighted by Crippen LogP contribution is 2.60. The van der Waals surface area contributed by atoms with Crippen LogP contribution in [0.2, 0.25) is 5.02 Å². The van der Waals surface area contributed by atoms with Crippen molar-refractivity contribution in [2.24, 2.45) is 23.2 Å². The van der Waals surface area contributed by atoms with Gasteiger partial charge in [0.15, 0.2) is 11.4 Å². The van der Waals surface area contributed by atoms with E-state index >= 15 is 0 Å². The number of halogens is 1. The Labute approximate surface area is 139 Å². The largest absolute Gasteiger partial charge is 0.354 e. The van der Waals surface area contributed by atoms with Gasteiger partial charge in [0.05, 0.1) is 15.8 Å². The molecule has 2 aromatic rings. The number of aromatic nitrogens is 1. The standard InChI is InChI=1S/C18H19ClN2O2/c19-13-2-1-3-14-15(13)16(21-23-14)20-17(22)18-7-10-4-11(8-18)6-12(5-10)9-18/h1-3,10-12H,4-9H2,(H,20,21,22). The fourth-order valence-corrected chi connectivity index (χ4v) is 5.92. The summed E-state index contributed by atoms with van der Waals surface area (Å²) in [5.74, 6) is 2.80. The Balaban J connectivity index is 1.47. The minimum atomic E-state index is -0.193. The average Bonchev–Trinajstić information content (AvgIpc) is 2.90. The van der Waals surface area contributed by atoms with Crippen LogP contribution < -0.4 is 5.32 Å². The maximum atomic E-state index is 13.1. The van der Waals surface area contributed by atoms with E-state index in [1.807, 2.05) is 12.1 Å². The van der Waals surface area contributed by atoms with Crippen molar-refractivity contribution in [3.8, 4) is 0 Å². The fourth-order valence-electron chi connectivity index (χ4n) is 5.66. The summed E-state index contributed by atoms with van der Waals surface area (Å²) < 4.78 is 5.30. The number of amides is 1. The third kappa shape index (κ3) is 2.04. The summed E-state index contributed by atoms with van der Waals surface area (Å²) in [6, 6.07) is 5.43. The van der Waals surface area contributed by atoms with Gasteiger partial charge in [-0.1, -0.05) is 22.8 Å². The molecule has 4 aliphatic rings. The smallest absolute Gasteiger partial charge is 0.231 e. The molecule has 0 saturated heterocycles. The number of hydrogen-bond donors (Lipinski definition) is 1. The number of rotatable bonds is 2. The number of benzene rings is 1. The molecule has 120 valence electrons. The molecule has 6 rings (SSSR count). The van der Waals surface area contributed by atoms with E-state index in [-0.39, 0.29) is 11.3 Å². The van der Waals surface area contributed by atoms with Crippen molar-refractivity contribution < 1.29 is 9.32 Å². The molecule has 4 bridgehead atoms. The number of anilines is 1. The molecule has 4 nitrogen and oxygen atoms in total. The van der Waals surface area contributed by atoms with Gasteiger partial charge in [-0.25, -0.2) is 0 Å². The topological polar surface area (TPSA) is 55.1 Å². The lowest BCUT2D eigenvalue weighted by Crippen LogP contribution is -2.51. The van der Waals surface area contributed by atoms with Gasteiger partial charge in [-0.3, -0.25) is 4.79 Å². The Morgan fingerprint density at radius 3 is 2.48 bits per heavy atom. The molecule has 0 unspecified atom stereocenters. The molecule has 0 atom stereocenters. The summed E-state index contributed by atoms with van der Waals surface area (Å²) in [6.45, 7) is 0. The van der Waals surface area contributed by atoms with Crippen molar-refractivity contribution in [1.82, 2.24) is 5.16 Å². The van der Waals surface area contributed by atoms with Gasteiger partial charge < -0.3 is 9.84 Å². The molecule has 1 heterocycles. The number of nitrogens with one attached hydrogen (secondary N) is 1. The van der Waals surface area contributed by atoms with E-state index in [0.29, 0.717) is 21.8 Å². The van der Waals surface area contributed by atoms with E-state index in [1.165, 1.54) is 19.3 Å². The summed E-state index contributed by atoms with van der Waals surface area (Å²) in [7, 11) is 0. The van der Waals surface area contributed by atoms with Gasteiger partial charge in [-0.15, -0.1) is 0 Å². The summed E-state index contributed by atoms with van der Waals surface area (Å²) in [5, 5.41) is 8.33. The second-order valence-corrected chi connectivity index (χ2v) is 8.20. The average molecular weight is 331 g/mol. The van der Waals surface area contributed by atoms with Crippen LogP contribution in [0.3, 0.4) is 0 Å². The quantitative estimate of drug-likeness (QED) is 0.873. The van der Waals surface area contributed by atoms with Gasteiger partial charge in [-0.05, 0) is 68.4 Å². The van der Waals surface area contributed by atoms with Gasteiger partial charge in [0.1, 0.15) is 0 Å². The van der Waals surface area contributed by atoms with Crippen molar-refractivity contribution in [3.05, 3.63) is 23.2 Å². The van der Waals surface area contributed by atoms with Crippen LogP contribution in [0.1, 0.15) is 38.5 Å². The molecule has 5 heteroatoms. The molecule has 4 fully saturated rings. The number of nitrogens with zero attached hydrogens (tertiary/aromatic N) is 1. The van der Waals surface area contributed by atoms with Crippen LogP contribution in [0.25, 0.3) is 11.0 Å². The number of fused-ring (bicyclic) bond motifs is 1. The zero-order chi connectivity index (χ0) is 15.6. The van der Waals surface area contributed by atoms with Crippen molar-refractivity contribution in [2.45, 2.75) is 38.5 Å². The van der Waals surface area contributed by atoms with Gasteiger partial charge >= 0.3 is 0 Å². The first-order valence-corrected chi connectivity index (χ1v) is 8.86. The molecule has 1 amide bonds. The lowest BCUT2D eigenvalue weighted by molar-refractivity contribution is -0.140. The van der Waals surface area contributed by atoms with E-state index in [9.17, 15) is 4.79 Å². The van der Waals surface area contributed by atoms with Crippen LogP contribution in [0, 0.1) is 23.2 Å². The zero-order valence-corrected chi connectivity index (χ0v) is 13.6. The maximum absolute atomic E-state index is 13.1. The Kier molecular flexibility index (Phi) is 2.85. The zero-order valence-electron chi connectivity index (χ0n) is 12.8. The number of carbonyl (C=O) groups is 1. The lowest BCUT2D eigenvalue weighted by Gasteiger charge is -2.55. The third-order valence-corrected chi connectivity index (χ3v) is 6.51. The van der Waals surface area contributed by atoms with Crippen LogP contribution in [-0.4, -0.2) is 11.1 Å². The Bertz CT molecular complexity index is 762. The molecule has 0 aliphatic heterocycles. The molecule has 23 heavy (non-hydrogen) atoms. The Morgan fingerprint density at radius 2 is 1.83 bits per heavy atom. The van der Waals surface area contributed by atoms with Gasteiger partial charge in [-0.2, -0.15) is 0 Å². The Hall–Kier alpha value is -1.55. The fraction of sp³-hybridized carbons (Fsp3) is 0.556. The van der Waals surface area contributed by atoms with Crippen molar-refractivity contribution >= 4 is 34.3 Å². The van der Waals surface area contributed by atoms with Gasteiger partial charge in [0.2, 0.25) is 5.91 Å². The van der Waals surface area contributed by atoms with E-state index in [4.69, 9.17) is 16.1 Å². The van der Waals surface area contributed by atoms with E-state index in [2.05, 4.69) is 10.5 Å². The van der Waals surface area contributed by atoms with Crippen LogP contribution in [-0.2, 0) is 4.79 Å². The highest BCUT2D eigenvalue weighted by molar-refractivity contribution is 6.36. The SMILES string of the molecule is O=C(Nc1noc2cccc(Cl)c12)C12CC3CC(CC(C3)C1)C2. The van der Waals surface area contributed by atoms with E-state index in [1.54, 1.807) is 6.07 Å². The summed E-state index contributed by atoms with van der Waals surface area (Å²) in [4.78, 5) is 13.1. The summed E-state index contributed by atoms with van der Waals surface area (Å²) in [6.07, 6.45) is 7.08. The molecule has 1 N–H and O–H groups in total. The molecular formula is C18H19ClN2O2. The normalized spacial score (nSPS) is 34.9. The highest BCUT2D eigenvalue weighted by atomic mass is 35.5. The maximum Gasteiger partial charge on any atom is 0.231 e. The molecule has 0 radical (unpaired) electrons. The first-order chi connectivity index (χ1) is 11.1. The minimum Gasteiger partial charge on any atom is -0.354 e. The summed E-state index contributed by atoms with van der Waals surface area (Å²) >= 11 is 6.25. The second kappa shape index (κ2) is 4.73. The van der Waals surface area contributed by atoms with Gasteiger partial charge in [0.25, 0.3) is 0 Å². The van der Waals surface area contributed by atoms with E-state index in [0.717, 1.165) is 37.0 Å². The van der Waals surface area contributed by atoms with Gasteiger partial charge in [0, 0.05) is 0 Å². The van der Waals surface area contributed by atoms with E-state index < -0.39 is 0 Å². The summed E-state index contributed by atoms with van der Waals surface area (Å²) in [5.41, 5.74) is 0.416. The Morgan fingerprint density at radius 1 is 1.17 bits per heavy atom. The molecule has 4 saturated carbocycles. The minimum absolute atomic E-state index is 0.117. The van der Waals surface area contributed by atoms with Crippen LogP contribution >= 0.6 is 11.6 Å². The molecule has 4 aliphatic carbocycles. The molecule has 1 aromatic carbocycles. The van der Waals surface area contributed by atoms with Crippen molar-refractivity contribution in [2.75, 3.05) is 5.32 Å². The predicted molar refractivity (Wildman–Crippen MR) is 88.3 cm³/mol. The third-order valence-electron chi connectivity index (χ3n) is 6.20. The predicted octanol–water partition coefficient (Wildman–Crippen LogP) is 4.64. The van der Waals surface area contributed by atoms with Crippen LogP contribution in [0.4, 0.5) is 5.82 Å². The van der Waals surface area contributed by atoms with Crippen LogP contribution in [0.5, 0.6) is 0 Å². The van der Waals surface area contributed by atoms with Crippen LogP contribution in [0.15, 0.2) is 22.7 Å². The first kappa shape index (κ1) is 13.8. The number of hydrogen-bond acceptors (Lipinski definition) is 3. The highest BCUT2D eigenvalue weighted by Gasteiger charge is 2.54. The van der Waals surface area contributed by atoms with Crippen molar-refractivity contribution in [3.63, 3.8) is 0 Å². The molecule has 1 aromatic heterocycles. The molecular weight excluding hydrogens is 312 g/mol.